The van der Waals surface area contributed by atoms with E-state index < -0.39 is 0 Å². The molecule has 144 valence electrons. The average Bonchev–Trinajstić information content (AvgIpc) is 3.37. The minimum Gasteiger partial charge on any atom is -0.490 e. The van der Waals surface area contributed by atoms with Crippen LogP contribution in [0.15, 0.2) is 60.4 Å². The predicted molar refractivity (Wildman–Crippen MR) is 113 cm³/mol. The molecule has 0 radical (unpaired) electrons. The maximum absolute atomic E-state index is 9.08. The molecule has 3 heterocycles. The molecule has 4 rings (SSSR count). The zero-order valence-electron chi connectivity index (χ0n) is 15.6. The molecule has 1 aromatic carbocycles. The Bertz CT molecular complexity index is 969. The predicted octanol–water partition coefficient (Wildman–Crippen LogP) is 3.69. The number of nitriles is 1. The van der Waals surface area contributed by atoms with Gasteiger partial charge in [-0.05, 0) is 61.7 Å². The van der Waals surface area contributed by atoms with Gasteiger partial charge in [-0.1, -0.05) is 0 Å². The van der Waals surface area contributed by atoms with Crippen LogP contribution in [-0.2, 0) is 11.2 Å². The number of fused-ring (bicyclic) bond motifs is 2. The standard InChI is InChI=1S/C21H23N5OS/c22-13-16-6-7-19-18(12-16)17(14-24-19)4-1-2-8-23-9-11-27-21-5-3-10-26-20(21)15-25-28-26/h3,5-7,10,12,14-15,23-25H,1-2,4,8-9,11H2. The lowest BCUT2D eigenvalue weighted by molar-refractivity contribution is 0.213. The molecule has 0 atom stereocenters. The van der Waals surface area contributed by atoms with Crippen LogP contribution in [0.2, 0.25) is 0 Å². The second kappa shape index (κ2) is 8.91. The van der Waals surface area contributed by atoms with Gasteiger partial charge in [0.25, 0.3) is 0 Å². The molecule has 0 spiro atoms. The van der Waals surface area contributed by atoms with Crippen molar-refractivity contribution in [1.29, 1.82) is 5.26 Å². The normalized spacial score (nSPS) is 15.0. The van der Waals surface area contributed by atoms with E-state index in [9.17, 15) is 0 Å². The van der Waals surface area contributed by atoms with Crippen molar-refractivity contribution < 1.29 is 4.74 Å². The highest BCUT2D eigenvalue weighted by Gasteiger charge is 2.21. The quantitative estimate of drug-likeness (QED) is 0.446. The van der Waals surface area contributed by atoms with Crippen molar-refractivity contribution in [2.45, 2.75) is 19.3 Å². The number of rotatable bonds is 9. The molecular formula is C21H23N5OS. The Labute approximate surface area is 169 Å². The Balaban J connectivity index is 1.13. The summed E-state index contributed by atoms with van der Waals surface area (Å²) in [6.07, 6.45) is 13.2. The fourth-order valence-electron chi connectivity index (χ4n) is 3.34. The summed E-state index contributed by atoms with van der Waals surface area (Å²) in [5.41, 5.74) is 4.16. The topological polar surface area (TPSA) is 76.1 Å². The number of hydrogen-bond acceptors (Lipinski definition) is 6. The second-order valence-corrected chi connectivity index (χ2v) is 7.49. The number of allylic oxidation sites excluding steroid dienone is 2. The fraction of sp³-hybridized carbons (Fsp3) is 0.286. The highest BCUT2D eigenvalue weighted by atomic mass is 32.2. The van der Waals surface area contributed by atoms with Gasteiger partial charge in [-0.15, -0.1) is 0 Å². The summed E-state index contributed by atoms with van der Waals surface area (Å²) in [4.78, 5) is 3.29. The van der Waals surface area contributed by atoms with E-state index in [4.69, 9.17) is 10.00 Å². The summed E-state index contributed by atoms with van der Waals surface area (Å²) in [5, 5.41) is 13.7. The van der Waals surface area contributed by atoms with Crippen molar-refractivity contribution in [3.63, 3.8) is 0 Å². The van der Waals surface area contributed by atoms with E-state index in [0.29, 0.717) is 12.2 Å². The van der Waals surface area contributed by atoms with Gasteiger partial charge in [-0.2, -0.15) is 5.26 Å². The Morgan fingerprint density at radius 3 is 3.14 bits per heavy atom. The first-order valence-electron chi connectivity index (χ1n) is 9.49. The molecule has 1 aromatic heterocycles. The van der Waals surface area contributed by atoms with Crippen LogP contribution in [0, 0.1) is 11.3 Å². The number of benzene rings is 1. The van der Waals surface area contributed by atoms with Gasteiger partial charge in [0.1, 0.15) is 18.1 Å². The van der Waals surface area contributed by atoms with E-state index in [1.165, 1.54) is 17.7 Å². The number of aromatic amines is 1. The first-order valence-corrected chi connectivity index (χ1v) is 10.3. The van der Waals surface area contributed by atoms with Crippen molar-refractivity contribution in [3.8, 4) is 6.07 Å². The van der Waals surface area contributed by atoms with E-state index in [2.05, 4.69) is 27.3 Å². The molecule has 0 aliphatic carbocycles. The molecule has 2 aliphatic heterocycles. The van der Waals surface area contributed by atoms with Gasteiger partial charge in [-0.25, -0.2) is 0 Å². The largest absolute Gasteiger partial charge is 0.490 e. The smallest absolute Gasteiger partial charge is 0.145 e. The number of ether oxygens (including phenoxy) is 1. The van der Waals surface area contributed by atoms with Gasteiger partial charge in [0.15, 0.2) is 0 Å². The highest BCUT2D eigenvalue weighted by Crippen LogP contribution is 2.30. The Morgan fingerprint density at radius 1 is 1.25 bits per heavy atom. The minimum absolute atomic E-state index is 0.648. The van der Waals surface area contributed by atoms with Gasteiger partial charge in [-0.3, -0.25) is 4.31 Å². The van der Waals surface area contributed by atoms with Crippen molar-refractivity contribution in [1.82, 2.24) is 19.3 Å². The van der Waals surface area contributed by atoms with Gasteiger partial charge < -0.3 is 19.8 Å². The van der Waals surface area contributed by atoms with Crippen LogP contribution in [-0.4, -0.2) is 29.0 Å². The second-order valence-electron chi connectivity index (χ2n) is 6.68. The van der Waals surface area contributed by atoms with Gasteiger partial charge in [0.2, 0.25) is 0 Å². The van der Waals surface area contributed by atoms with Crippen molar-refractivity contribution in [3.05, 3.63) is 71.5 Å². The molecule has 7 heteroatoms. The van der Waals surface area contributed by atoms with Crippen LogP contribution in [0.4, 0.5) is 0 Å². The van der Waals surface area contributed by atoms with Crippen LogP contribution in [0.1, 0.15) is 24.0 Å². The molecule has 28 heavy (non-hydrogen) atoms. The number of aromatic nitrogens is 1. The maximum Gasteiger partial charge on any atom is 0.145 e. The fourth-order valence-corrected chi connectivity index (χ4v) is 3.99. The van der Waals surface area contributed by atoms with Crippen molar-refractivity contribution >= 4 is 23.0 Å². The third kappa shape index (κ3) is 4.19. The number of aryl methyl sites for hydroxylation is 1. The molecule has 0 unspecified atom stereocenters. The van der Waals surface area contributed by atoms with Crippen molar-refractivity contribution in [2.75, 3.05) is 19.7 Å². The van der Waals surface area contributed by atoms with Crippen LogP contribution >= 0.6 is 12.1 Å². The lowest BCUT2D eigenvalue weighted by Gasteiger charge is -2.20. The molecule has 2 aromatic rings. The molecule has 0 saturated heterocycles. The zero-order chi connectivity index (χ0) is 19.2. The highest BCUT2D eigenvalue weighted by molar-refractivity contribution is 7.95. The number of hydrogen-bond donors (Lipinski definition) is 3. The first kappa shape index (κ1) is 18.5. The molecule has 0 fully saturated rings. The lowest BCUT2D eigenvalue weighted by Crippen LogP contribution is -2.22. The summed E-state index contributed by atoms with van der Waals surface area (Å²) < 4.78 is 11.1. The number of nitrogens with zero attached hydrogens (tertiary/aromatic N) is 2. The summed E-state index contributed by atoms with van der Waals surface area (Å²) in [5.74, 6) is 0.901. The van der Waals surface area contributed by atoms with E-state index >= 15 is 0 Å². The van der Waals surface area contributed by atoms with Crippen LogP contribution in [0.5, 0.6) is 0 Å². The average molecular weight is 394 g/mol. The van der Waals surface area contributed by atoms with E-state index in [1.807, 2.05) is 47.1 Å². The molecular weight excluding hydrogens is 370 g/mol. The molecule has 2 aliphatic rings. The van der Waals surface area contributed by atoms with Gasteiger partial charge in [0, 0.05) is 36.0 Å². The first-order chi connectivity index (χ1) is 13.8. The molecule has 3 N–H and O–H groups in total. The summed E-state index contributed by atoms with van der Waals surface area (Å²) in [7, 11) is 0. The third-order valence-electron chi connectivity index (χ3n) is 4.79. The maximum atomic E-state index is 9.08. The zero-order valence-corrected chi connectivity index (χ0v) is 16.4. The number of unbranched alkanes of at least 4 members (excludes halogenated alkanes) is 1. The van der Waals surface area contributed by atoms with Crippen LogP contribution in [0.25, 0.3) is 10.9 Å². The summed E-state index contributed by atoms with van der Waals surface area (Å²) >= 11 is 1.53. The molecule has 0 saturated carbocycles. The van der Waals surface area contributed by atoms with Gasteiger partial charge in [0.05, 0.1) is 23.8 Å². The molecule has 0 amide bonds. The van der Waals surface area contributed by atoms with Crippen LogP contribution < -0.4 is 10.0 Å². The minimum atomic E-state index is 0.648. The van der Waals surface area contributed by atoms with Crippen molar-refractivity contribution in [2.24, 2.45) is 0 Å². The van der Waals surface area contributed by atoms with E-state index in [-0.39, 0.29) is 0 Å². The Morgan fingerprint density at radius 2 is 2.21 bits per heavy atom. The third-order valence-corrected chi connectivity index (χ3v) is 5.53. The lowest BCUT2D eigenvalue weighted by atomic mass is 10.1. The number of H-pyrrole nitrogens is 1. The summed E-state index contributed by atoms with van der Waals surface area (Å²) in [6, 6.07) is 8.02. The number of nitrogens with one attached hydrogen (secondary N) is 3. The molecule has 6 nitrogen and oxygen atoms in total. The van der Waals surface area contributed by atoms with E-state index in [0.717, 1.165) is 54.7 Å². The Kier molecular flexibility index (Phi) is 5.90. The SMILES string of the molecule is N#Cc1ccc2[nH]cc(CCCCNCCOC3=CC=CN4SNC=C34)c2c1. The van der Waals surface area contributed by atoms with Crippen LogP contribution in [0.3, 0.4) is 0 Å². The summed E-state index contributed by atoms with van der Waals surface area (Å²) in [6.45, 7) is 2.45. The monoisotopic (exact) mass is 393 g/mol. The Hall–Kier alpha value is -2.82. The molecule has 0 bridgehead atoms. The van der Waals surface area contributed by atoms with E-state index in [1.54, 1.807) is 0 Å². The van der Waals surface area contributed by atoms with Gasteiger partial charge >= 0.3 is 0 Å².